The van der Waals surface area contributed by atoms with Crippen molar-refractivity contribution in [2.45, 2.75) is 13.3 Å². The van der Waals surface area contributed by atoms with Crippen LogP contribution in [0.15, 0.2) is 29.4 Å². The van der Waals surface area contributed by atoms with Gasteiger partial charge in [-0.2, -0.15) is 0 Å². The van der Waals surface area contributed by atoms with Crippen LogP contribution in [0.25, 0.3) is 0 Å². The molecule has 0 aliphatic rings. The molecule has 1 atom stereocenters. The zero-order valence-corrected chi connectivity index (χ0v) is 8.01. The summed E-state index contributed by atoms with van der Waals surface area (Å²) in [6.07, 6.45) is 4.70. The van der Waals surface area contributed by atoms with E-state index in [1.165, 1.54) is 0 Å². The van der Waals surface area contributed by atoms with Crippen molar-refractivity contribution in [2.24, 2.45) is 10.9 Å². The number of nitrogens with one attached hydrogen (secondary N) is 1. The highest BCUT2D eigenvalue weighted by Crippen LogP contribution is 2.12. The lowest BCUT2D eigenvalue weighted by molar-refractivity contribution is 0.595. The Morgan fingerprint density at radius 1 is 1.67 bits per heavy atom. The van der Waals surface area contributed by atoms with Crippen molar-refractivity contribution in [3.63, 3.8) is 0 Å². The van der Waals surface area contributed by atoms with Gasteiger partial charge in [-0.1, -0.05) is 19.1 Å². The average Bonchev–Trinajstić information content (AvgIpc) is 2.10. The van der Waals surface area contributed by atoms with E-state index in [1.54, 1.807) is 6.20 Å². The summed E-state index contributed by atoms with van der Waals surface area (Å²) in [5.74, 6) is 0.510. The zero-order chi connectivity index (χ0) is 9.40. The van der Waals surface area contributed by atoms with Crippen molar-refractivity contribution in [1.82, 2.24) is 5.32 Å². The second-order valence-corrected chi connectivity index (χ2v) is 2.87. The van der Waals surface area contributed by atoms with Gasteiger partial charge in [-0.15, -0.1) is 0 Å². The van der Waals surface area contributed by atoms with Crippen molar-refractivity contribution in [3.05, 3.63) is 24.4 Å². The van der Waals surface area contributed by atoms with E-state index in [-0.39, 0.29) is 0 Å². The summed E-state index contributed by atoms with van der Waals surface area (Å²) in [5, 5.41) is 3.11. The standard InChI is InChI=1S/C10H18N2/c1-9(5-7-11-3)10(2)6-8-12-4/h5,7,10,12H,1,3,6,8H2,2,4H3/b7-5-. The molecule has 0 aliphatic heterocycles. The van der Waals surface area contributed by atoms with Gasteiger partial charge >= 0.3 is 0 Å². The predicted molar refractivity (Wildman–Crippen MR) is 55.5 cm³/mol. The molecule has 0 radical (unpaired) electrons. The molecule has 0 bridgehead atoms. The quantitative estimate of drug-likeness (QED) is 0.473. The number of rotatable bonds is 6. The molecule has 0 fully saturated rings. The number of nitrogens with zero attached hydrogens (tertiary/aromatic N) is 1. The molecule has 1 N–H and O–H groups in total. The minimum atomic E-state index is 0.510. The van der Waals surface area contributed by atoms with Crippen LogP contribution < -0.4 is 5.32 Å². The molecule has 0 saturated carbocycles. The van der Waals surface area contributed by atoms with Gasteiger partial charge in [0, 0.05) is 6.20 Å². The van der Waals surface area contributed by atoms with Crippen LogP contribution in [0.5, 0.6) is 0 Å². The van der Waals surface area contributed by atoms with Gasteiger partial charge in [-0.05, 0) is 38.7 Å². The van der Waals surface area contributed by atoms with E-state index in [1.807, 2.05) is 13.1 Å². The highest BCUT2D eigenvalue weighted by Gasteiger charge is 2.01. The van der Waals surface area contributed by atoms with Crippen LogP contribution in [-0.4, -0.2) is 20.3 Å². The van der Waals surface area contributed by atoms with Crippen LogP contribution >= 0.6 is 0 Å². The summed E-state index contributed by atoms with van der Waals surface area (Å²) >= 11 is 0. The van der Waals surface area contributed by atoms with E-state index in [0.29, 0.717) is 5.92 Å². The fraction of sp³-hybridized carbons (Fsp3) is 0.500. The van der Waals surface area contributed by atoms with E-state index in [0.717, 1.165) is 18.5 Å². The Morgan fingerprint density at radius 3 is 2.83 bits per heavy atom. The van der Waals surface area contributed by atoms with Crippen LogP contribution in [0, 0.1) is 5.92 Å². The molecule has 1 unspecified atom stereocenters. The molecule has 0 aliphatic carbocycles. The van der Waals surface area contributed by atoms with Gasteiger partial charge in [0.05, 0.1) is 0 Å². The summed E-state index contributed by atoms with van der Waals surface area (Å²) in [6, 6.07) is 0. The summed E-state index contributed by atoms with van der Waals surface area (Å²) < 4.78 is 0. The second kappa shape index (κ2) is 6.80. The average molecular weight is 166 g/mol. The Bertz CT molecular complexity index is 171. The lowest BCUT2D eigenvalue weighted by Gasteiger charge is -2.10. The minimum absolute atomic E-state index is 0.510. The molecule has 2 nitrogen and oxygen atoms in total. The van der Waals surface area contributed by atoms with Crippen LogP contribution in [0.2, 0.25) is 0 Å². The van der Waals surface area contributed by atoms with E-state index >= 15 is 0 Å². The molecule has 0 aromatic carbocycles. The molecule has 68 valence electrons. The van der Waals surface area contributed by atoms with Crippen molar-refractivity contribution < 1.29 is 0 Å². The van der Waals surface area contributed by atoms with Gasteiger partial charge in [0.15, 0.2) is 0 Å². The first-order valence-electron chi connectivity index (χ1n) is 4.18. The number of hydrogen-bond donors (Lipinski definition) is 1. The van der Waals surface area contributed by atoms with Crippen molar-refractivity contribution in [2.75, 3.05) is 13.6 Å². The Labute approximate surface area is 75.1 Å². The number of aliphatic imine (C=N–C) groups is 1. The molecule has 12 heavy (non-hydrogen) atoms. The topological polar surface area (TPSA) is 24.4 Å². The van der Waals surface area contributed by atoms with Gasteiger partial charge in [-0.25, -0.2) is 0 Å². The summed E-state index contributed by atoms with van der Waals surface area (Å²) in [7, 11) is 1.95. The molecule has 0 aromatic rings. The molecule has 0 saturated heterocycles. The van der Waals surface area contributed by atoms with Gasteiger partial charge in [0.25, 0.3) is 0 Å². The predicted octanol–water partition coefficient (Wildman–Crippen LogP) is 2.00. The first kappa shape index (κ1) is 11.1. The maximum atomic E-state index is 3.94. The summed E-state index contributed by atoms with van der Waals surface area (Å²) in [5.41, 5.74) is 1.11. The highest BCUT2D eigenvalue weighted by atomic mass is 14.8. The molecule has 0 aromatic heterocycles. The minimum Gasteiger partial charge on any atom is -0.320 e. The third-order valence-electron chi connectivity index (χ3n) is 1.85. The maximum absolute atomic E-state index is 3.94. The molecular weight excluding hydrogens is 148 g/mol. The monoisotopic (exact) mass is 166 g/mol. The van der Waals surface area contributed by atoms with Crippen molar-refractivity contribution in [1.29, 1.82) is 0 Å². The Morgan fingerprint density at radius 2 is 2.33 bits per heavy atom. The highest BCUT2D eigenvalue weighted by molar-refractivity contribution is 5.27. The smallest absolute Gasteiger partial charge is 0.0263 e. The summed E-state index contributed by atoms with van der Waals surface area (Å²) in [4.78, 5) is 3.63. The van der Waals surface area contributed by atoms with Crippen LogP contribution in [-0.2, 0) is 0 Å². The largest absolute Gasteiger partial charge is 0.320 e. The Balaban J connectivity index is 3.76. The lowest BCUT2D eigenvalue weighted by Crippen LogP contribution is -2.11. The van der Waals surface area contributed by atoms with Crippen molar-refractivity contribution >= 4 is 6.72 Å². The zero-order valence-electron chi connectivity index (χ0n) is 8.01. The molecule has 2 heteroatoms. The van der Waals surface area contributed by atoms with Gasteiger partial charge in [0.1, 0.15) is 0 Å². The normalized spacial score (nSPS) is 13.2. The first-order chi connectivity index (χ1) is 5.72. The van der Waals surface area contributed by atoms with E-state index in [4.69, 9.17) is 0 Å². The fourth-order valence-electron chi connectivity index (χ4n) is 0.859. The van der Waals surface area contributed by atoms with Gasteiger partial charge in [-0.3, -0.25) is 4.99 Å². The van der Waals surface area contributed by atoms with E-state index in [9.17, 15) is 0 Å². The molecule has 0 heterocycles. The SMILES string of the molecule is C=N/C=C\C(=C)C(C)CCNC. The number of allylic oxidation sites excluding steroid dienone is 2. The van der Waals surface area contributed by atoms with Crippen molar-refractivity contribution in [3.8, 4) is 0 Å². The Kier molecular flexibility index (Phi) is 6.29. The van der Waals surface area contributed by atoms with E-state index in [2.05, 4.69) is 30.5 Å². The second-order valence-electron chi connectivity index (χ2n) is 2.87. The van der Waals surface area contributed by atoms with E-state index < -0.39 is 0 Å². The molecule has 0 amide bonds. The number of hydrogen-bond acceptors (Lipinski definition) is 2. The van der Waals surface area contributed by atoms with Crippen LogP contribution in [0.4, 0.5) is 0 Å². The third-order valence-corrected chi connectivity index (χ3v) is 1.85. The first-order valence-corrected chi connectivity index (χ1v) is 4.18. The molecular formula is C10H18N2. The fourth-order valence-corrected chi connectivity index (χ4v) is 0.859. The molecule has 0 spiro atoms. The maximum Gasteiger partial charge on any atom is 0.0263 e. The lowest BCUT2D eigenvalue weighted by atomic mass is 9.99. The van der Waals surface area contributed by atoms with Crippen LogP contribution in [0.3, 0.4) is 0 Å². The Hall–Kier alpha value is -0.890. The summed E-state index contributed by atoms with van der Waals surface area (Å²) in [6.45, 7) is 10.5. The van der Waals surface area contributed by atoms with Gasteiger partial charge < -0.3 is 5.32 Å². The third kappa shape index (κ3) is 4.85. The van der Waals surface area contributed by atoms with Gasteiger partial charge in [0.2, 0.25) is 0 Å². The molecule has 0 rings (SSSR count). The van der Waals surface area contributed by atoms with Crippen LogP contribution in [0.1, 0.15) is 13.3 Å².